The van der Waals surface area contributed by atoms with Crippen LogP contribution in [0.15, 0.2) is 0 Å². The minimum absolute atomic E-state index is 0.288. The fraction of sp³-hybridized carbons (Fsp3) is 1.00. The van der Waals surface area contributed by atoms with Gasteiger partial charge in [0, 0.05) is 14.2 Å². The van der Waals surface area contributed by atoms with Crippen LogP contribution in [0.5, 0.6) is 0 Å². The van der Waals surface area contributed by atoms with Gasteiger partial charge in [0.15, 0.2) is 0 Å². The summed E-state index contributed by atoms with van der Waals surface area (Å²) in [5.41, 5.74) is -0.899. The normalized spacial score (nSPS) is 19.1. The van der Waals surface area contributed by atoms with Crippen LogP contribution in [0.2, 0.25) is 18.1 Å². The van der Waals surface area contributed by atoms with E-state index in [2.05, 4.69) is 41.5 Å². The van der Waals surface area contributed by atoms with Crippen molar-refractivity contribution in [3.63, 3.8) is 0 Å². The largest absolute Gasteiger partial charge is 0.412 e. The molecule has 0 saturated heterocycles. The molecule has 0 aliphatic heterocycles. The molecule has 2 atom stereocenters. The van der Waals surface area contributed by atoms with Crippen LogP contribution in [-0.2, 0) is 31.3 Å². The molecule has 2 unspecified atom stereocenters. The SMILES string of the molecule is CC[Si](COC(C)(C)C)(OC)O[Si](CC)(COC(C)(C)C)O[Si](CC)(COC(C)(C)C)OC. The molecule has 0 aliphatic carbocycles. The molecule has 7 nitrogen and oxygen atoms in total. The lowest BCUT2D eigenvalue weighted by Gasteiger charge is -2.45. The van der Waals surface area contributed by atoms with Gasteiger partial charge >= 0.3 is 25.7 Å². The van der Waals surface area contributed by atoms with E-state index in [1.807, 2.05) is 41.5 Å². The van der Waals surface area contributed by atoms with E-state index in [4.69, 9.17) is 31.3 Å². The highest BCUT2D eigenvalue weighted by Crippen LogP contribution is 2.31. The molecule has 0 bridgehead atoms. The van der Waals surface area contributed by atoms with Crippen molar-refractivity contribution in [2.24, 2.45) is 0 Å². The summed E-state index contributed by atoms with van der Waals surface area (Å²) in [5, 5.41) is 0. The first-order chi connectivity index (χ1) is 14.8. The van der Waals surface area contributed by atoms with Crippen molar-refractivity contribution < 1.29 is 31.3 Å². The van der Waals surface area contributed by atoms with Crippen molar-refractivity contribution in [2.75, 3.05) is 32.9 Å². The zero-order valence-corrected chi connectivity index (χ0v) is 27.1. The van der Waals surface area contributed by atoms with E-state index >= 15 is 0 Å². The molecule has 33 heavy (non-hydrogen) atoms. The van der Waals surface area contributed by atoms with Crippen LogP contribution in [0.25, 0.3) is 0 Å². The van der Waals surface area contributed by atoms with Gasteiger partial charge in [-0.3, -0.25) is 0 Å². The zero-order valence-electron chi connectivity index (χ0n) is 24.1. The van der Waals surface area contributed by atoms with E-state index in [9.17, 15) is 0 Å². The van der Waals surface area contributed by atoms with E-state index < -0.39 is 25.7 Å². The molecule has 0 spiro atoms. The summed E-state index contributed by atoms with van der Waals surface area (Å²) in [6.45, 7) is 24.7. The predicted molar refractivity (Wildman–Crippen MR) is 142 cm³/mol. The standard InChI is InChI=1S/C23H54O7Si3/c1-15-31(24-13,18-26-21(4,5)6)29-33(17-3,20-28-23(10,11)12)30-32(16-2,25-14)19-27-22(7,8)9/h15-20H2,1-14H3. The Bertz CT molecular complexity index is 510. The molecule has 200 valence electrons. The molecule has 0 aromatic heterocycles. The van der Waals surface area contributed by atoms with Crippen molar-refractivity contribution in [3.8, 4) is 0 Å². The maximum atomic E-state index is 7.04. The summed E-state index contributed by atoms with van der Waals surface area (Å²) in [5.74, 6) is 0. The smallest absolute Gasteiger partial charge is 0.355 e. The highest BCUT2D eigenvalue weighted by molar-refractivity contribution is 6.87. The third-order valence-corrected chi connectivity index (χ3v) is 17.7. The molecule has 0 N–H and O–H groups in total. The first-order valence-electron chi connectivity index (χ1n) is 12.3. The molecule has 0 saturated carbocycles. The second-order valence-electron chi connectivity index (χ2n) is 11.6. The molecule has 0 heterocycles. The number of hydrogen-bond acceptors (Lipinski definition) is 7. The highest BCUT2D eigenvalue weighted by atomic mass is 28.5. The lowest BCUT2D eigenvalue weighted by molar-refractivity contribution is -0.00637. The minimum Gasteiger partial charge on any atom is -0.412 e. The Morgan fingerprint density at radius 3 is 0.879 bits per heavy atom. The topological polar surface area (TPSA) is 64.6 Å². The molecule has 0 fully saturated rings. The van der Waals surface area contributed by atoms with Crippen molar-refractivity contribution in [1.29, 1.82) is 0 Å². The van der Waals surface area contributed by atoms with Gasteiger partial charge in [-0.15, -0.1) is 0 Å². The van der Waals surface area contributed by atoms with E-state index in [0.29, 0.717) is 24.7 Å². The van der Waals surface area contributed by atoms with Gasteiger partial charge in [0.2, 0.25) is 0 Å². The van der Waals surface area contributed by atoms with Gasteiger partial charge in [-0.05, 0) is 80.4 Å². The first kappa shape index (κ1) is 33.4. The lowest BCUT2D eigenvalue weighted by atomic mass is 10.2. The summed E-state index contributed by atoms with van der Waals surface area (Å²) in [4.78, 5) is 0. The van der Waals surface area contributed by atoms with Gasteiger partial charge < -0.3 is 31.3 Å². The summed E-state index contributed by atoms with van der Waals surface area (Å²) in [7, 11) is -4.94. The zero-order chi connectivity index (χ0) is 26.2. The van der Waals surface area contributed by atoms with Gasteiger partial charge in [-0.2, -0.15) is 0 Å². The summed E-state index contributed by atoms with van der Waals surface area (Å²) >= 11 is 0. The molecule has 0 aliphatic rings. The number of rotatable bonds is 15. The van der Waals surface area contributed by atoms with Crippen LogP contribution in [0.3, 0.4) is 0 Å². The van der Waals surface area contributed by atoms with Crippen LogP contribution >= 0.6 is 0 Å². The van der Waals surface area contributed by atoms with Gasteiger partial charge in [0.05, 0.1) is 35.5 Å². The Morgan fingerprint density at radius 1 is 0.455 bits per heavy atom. The molecule has 0 aromatic rings. The molecule has 0 aromatic carbocycles. The van der Waals surface area contributed by atoms with Crippen molar-refractivity contribution in [3.05, 3.63) is 0 Å². The van der Waals surface area contributed by atoms with Gasteiger partial charge in [-0.1, -0.05) is 20.8 Å². The number of ether oxygens (including phenoxy) is 3. The Kier molecular flexibility index (Phi) is 13.2. The molecule has 0 amide bonds. The van der Waals surface area contributed by atoms with Crippen LogP contribution in [0.4, 0.5) is 0 Å². The van der Waals surface area contributed by atoms with Gasteiger partial charge in [-0.25, -0.2) is 0 Å². The predicted octanol–water partition coefficient (Wildman–Crippen LogP) is 5.76. The van der Waals surface area contributed by atoms with E-state index in [1.54, 1.807) is 14.2 Å². The summed E-state index contributed by atoms with van der Waals surface area (Å²) in [6, 6.07) is 2.21. The van der Waals surface area contributed by atoms with Crippen LogP contribution in [-0.4, -0.2) is 75.4 Å². The van der Waals surface area contributed by atoms with Crippen molar-refractivity contribution in [2.45, 2.75) is 118 Å². The molecule has 0 radical (unpaired) electrons. The Morgan fingerprint density at radius 2 is 0.697 bits per heavy atom. The monoisotopic (exact) mass is 526 g/mol. The minimum atomic E-state index is -2.94. The van der Waals surface area contributed by atoms with Crippen LogP contribution < -0.4 is 0 Å². The fourth-order valence-corrected chi connectivity index (χ4v) is 16.1. The van der Waals surface area contributed by atoms with Crippen molar-refractivity contribution >= 4 is 25.7 Å². The number of hydrogen-bond donors (Lipinski definition) is 0. The molecular weight excluding hydrogens is 473 g/mol. The Balaban J connectivity index is 6.24. The second-order valence-corrected chi connectivity index (χ2v) is 22.5. The third kappa shape index (κ3) is 12.8. The molecule has 10 heteroatoms. The van der Waals surface area contributed by atoms with E-state index in [0.717, 1.165) is 12.1 Å². The quantitative estimate of drug-likeness (QED) is 0.251. The lowest BCUT2D eigenvalue weighted by Crippen LogP contribution is -2.66. The van der Waals surface area contributed by atoms with E-state index in [-0.39, 0.29) is 16.8 Å². The Hall–Kier alpha value is 0.371. The fourth-order valence-electron chi connectivity index (χ4n) is 2.88. The third-order valence-electron chi connectivity index (χ3n) is 5.28. The summed E-state index contributed by atoms with van der Waals surface area (Å²) in [6.07, 6.45) is 1.26. The first-order valence-corrected chi connectivity index (χ1v) is 19.0. The van der Waals surface area contributed by atoms with Gasteiger partial charge in [0.25, 0.3) is 0 Å². The molecule has 0 rings (SSSR count). The maximum Gasteiger partial charge on any atom is 0.355 e. The Labute approximate surface area is 207 Å². The van der Waals surface area contributed by atoms with Crippen LogP contribution in [0, 0.1) is 0 Å². The average molecular weight is 527 g/mol. The second kappa shape index (κ2) is 13.1. The summed E-state index contributed by atoms with van der Waals surface area (Å²) < 4.78 is 45.0. The van der Waals surface area contributed by atoms with Crippen molar-refractivity contribution in [1.82, 2.24) is 0 Å². The average Bonchev–Trinajstić information content (AvgIpc) is 2.71. The van der Waals surface area contributed by atoms with Crippen LogP contribution in [0.1, 0.15) is 83.1 Å². The highest BCUT2D eigenvalue weighted by Gasteiger charge is 2.54. The van der Waals surface area contributed by atoms with E-state index in [1.165, 1.54) is 0 Å². The maximum absolute atomic E-state index is 7.04. The van der Waals surface area contributed by atoms with Gasteiger partial charge in [0.1, 0.15) is 0 Å². The molecular formula is C23H54O7Si3.